The molecule has 2 aromatic carbocycles. The van der Waals surface area contributed by atoms with E-state index >= 15 is 0 Å². The van der Waals surface area contributed by atoms with E-state index < -0.39 is 0 Å². The monoisotopic (exact) mass is 460 g/mol. The molecule has 0 bridgehead atoms. The van der Waals surface area contributed by atoms with Crippen molar-refractivity contribution in [1.29, 1.82) is 0 Å². The van der Waals surface area contributed by atoms with Crippen LogP contribution in [0.2, 0.25) is 0 Å². The molecule has 1 N–H and O–H groups in total. The van der Waals surface area contributed by atoms with Crippen molar-refractivity contribution >= 4 is 36.4 Å². The zero-order valence-electron chi connectivity index (χ0n) is 17.2. The maximum Gasteiger partial charge on any atom is 0.269 e. The summed E-state index contributed by atoms with van der Waals surface area (Å²) in [7, 11) is 1.52. The van der Waals surface area contributed by atoms with Crippen LogP contribution in [0.4, 0.5) is 5.69 Å². The van der Waals surface area contributed by atoms with Crippen molar-refractivity contribution in [1.82, 2.24) is 9.79 Å². The van der Waals surface area contributed by atoms with Gasteiger partial charge < -0.3 is 4.18 Å². The smallest absolute Gasteiger partial charge is 0.269 e. The molecule has 1 heterocycles. The van der Waals surface area contributed by atoms with Gasteiger partial charge in [0.1, 0.15) is 5.75 Å². The SMILES string of the molecule is C=N/C=C(/Cc1ccc(OSNOC)cc1)SCN1CCc2ccc([N+](=O)[O-])cc2C1. The van der Waals surface area contributed by atoms with Gasteiger partial charge in [0.15, 0.2) is 12.2 Å². The van der Waals surface area contributed by atoms with E-state index in [9.17, 15) is 10.1 Å². The molecular weight excluding hydrogens is 436 g/mol. The van der Waals surface area contributed by atoms with Gasteiger partial charge in [0.2, 0.25) is 0 Å². The summed E-state index contributed by atoms with van der Waals surface area (Å²) in [5.74, 6) is 1.50. The molecule has 0 radical (unpaired) electrons. The third-order valence-electron chi connectivity index (χ3n) is 4.72. The lowest BCUT2D eigenvalue weighted by Crippen LogP contribution is -2.30. The van der Waals surface area contributed by atoms with Gasteiger partial charge >= 0.3 is 0 Å². The van der Waals surface area contributed by atoms with Crippen LogP contribution in [0.25, 0.3) is 0 Å². The van der Waals surface area contributed by atoms with Gasteiger partial charge in [0.25, 0.3) is 5.69 Å². The molecule has 0 unspecified atom stereocenters. The Morgan fingerprint density at radius 3 is 2.84 bits per heavy atom. The van der Waals surface area contributed by atoms with Crippen molar-refractivity contribution in [2.45, 2.75) is 19.4 Å². The van der Waals surface area contributed by atoms with Crippen LogP contribution in [0, 0.1) is 10.1 Å². The maximum atomic E-state index is 11.1. The third kappa shape index (κ3) is 7.08. The molecule has 0 aliphatic carbocycles. The zero-order chi connectivity index (χ0) is 22.1. The Labute approximate surface area is 190 Å². The molecule has 164 valence electrons. The zero-order valence-corrected chi connectivity index (χ0v) is 18.8. The van der Waals surface area contributed by atoms with E-state index in [1.807, 2.05) is 30.3 Å². The number of hydrogen-bond acceptors (Lipinski definition) is 9. The minimum Gasteiger partial charge on any atom is -0.408 e. The van der Waals surface area contributed by atoms with Gasteiger partial charge in [-0.15, -0.1) is 16.6 Å². The van der Waals surface area contributed by atoms with Crippen molar-refractivity contribution < 1.29 is 13.9 Å². The van der Waals surface area contributed by atoms with E-state index in [0.717, 1.165) is 59.3 Å². The molecule has 0 atom stereocenters. The molecule has 8 nitrogen and oxygen atoms in total. The van der Waals surface area contributed by atoms with E-state index in [4.69, 9.17) is 9.02 Å². The summed E-state index contributed by atoms with van der Waals surface area (Å²) in [6, 6.07) is 13.0. The van der Waals surface area contributed by atoms with Gasteiger partial charge in [-0.25, -0.2) is 0 Å². The van der Waals surface area contributed by atoms with Crippen molar-refractivity contribution in [2.24, 2.45) is 4.99 Å². The first-order valence-electron chi connectivity index (χ1n) is 9.55. The molecule has 1 aliphatic rings. The largest absolute Gasteiger partial charge is 0.408 e. The summed E-state index contributed by atoms with van der Waals surface area (Å²) in [6.45, 7) is 5.22. The number of nitrogens with one attached hydrogen (secondary N) is 1. The van der Waals surface area contributed by atoms with Crippen LogP contribution in [0.3, 0.4) is 0 Å². The molecule has 0 fully saturated rings. The average Bonchev–Trinajstić information content (AvgIpc) is 2.78. The standard InChI is InChI=1S/C21H24N4O4S2/c1-22-13-21(11-16-3-7-20(8-4-16)29-31-23-28-2)30-15-24-10-9-17-5-6-19(25(26)27)12-18(17)14-24/h3-8,12-13,23H,1,9-11,14-15H2,2H3/b21-13-. The molecule has 2 aromatic rings. The molecule has 3 rings (SSSR count). The second kappa shape index (κ2) is 11.9. The normalized spacial score (nSPS) is 14.2. The number of aliphatic imine (C=N–C) groups is 1. The Morgan fingerprint density at radius 1 is 1.32 bits per heavy atom. The number of thioether (sulfide) groups is 1. The Hall–Kier alpha value is -2.37. The van der Waals surface area contributed by atoms with Crippen molar-refractivity contribution in [3.8, 4) is 5.75 Å². The van der Waals surface area contributed by atoms with Crippen LogP contribution in [0.15, 0.2) is 58.6 Å². The predicted octanol–water partition coefficient (Wildman–Crippen LogP) is 4.52. The van der Waals surface area contributed by atoms with Crippen LogP contribution in [-0.2, 0) is 24.2 Å². The highest BCUT2D eigenvalue weighted by molar-refractivity contribution is 8.03. The summed E-state index contributed by atoms with van der Waals surface area (Å²) >= 11 is 2.71. The van der Waals surface area contributed by atoms with E-state index in [1.165, 1.54) is 12.7 Å². The number of nitro benzene ring substituents is 1. The number of benzene rings is 2. The van der Waals surface area contributed by atoms with Crippen molar-refractivity contribution in [3.63, 3.8) is 0 Å². The Bertz CT molecular complexity index is 937. The summed E-state index contributed by atoms with van der Waals surface area (Å²) in [6.07, 6.45) is 3.42. The molecule has 0 saturated carbocycles. The number of rotatable bonds is 11. The molecule has 31 heavy (non-hydrogen) atoms. The van der Waals surface area contributed by atoms with Gasteiger partial charge in [0.05, 0.1) is 12.0 Å². The summed E-state index contributed by atoms with van der Waals surface area (Å²) in [5.41, 5.74) is 3.51. The Kier molecular flexibility index (Phi) is 8.92. The van der Waals surface area contributed by atoms with Crippen LogP contribution in [0.1, 0.15) is 16.7 Å². The molecule has 0 aromatic heterocycles. The topological polar surface area (TPSA) is 89.2 Å². The molecule has 10 heteroatoms. The van der Waals surface area contributed by atoms with Gasteiger partial charge in [0, 0.05) is 48.6 Å². The van der Waals surface area contributed by atoms with Crippen LogP contribution in [0.5, 0.6) is 5.75 Å². The lowest BCUT2D eigenvalue weighted by atomic mass is 9.99. The van der Waals surface area contributed by atoms with Gasteiger partial charge in [-0.3, -0.25) is 24.8 Å². The summed E-state index contributed by atoms with van der Waals surface area (Å²) in [5, 5.41) is 11.1. The lowest BCUT2D eigenvalue weighted by Gasteiger charge is -2.28. The van der Waals surface area contributed by atoms with E-state index in [1.54, 1.807) is 30.1 Å². The number of hydrogen-bond donors (Lipinski definition) is 1. The second-order valence-corrected chi connectivity index (χ2v) is 8.41. The minimum atomic E-state index is -0.340. The van der Waals surface area contributed by atoms with Crippen molar-refractivity contribution in [2.75, 3.05) is 19.5 Å². The second-order valence-electron chi connectivity index (χ2n) is 6.84. The lowest BCUT2D eigenvalue weighted by molar-refractivity contribution is -0.385. The van der Waals surface area contributed by atoms with Gasteiger partial charge in [-0.1, -0.05) is 18.2 Å². The highest BCUT2D eigenvalue weighted by atomic mass is 32.2. The minimum absolute atomic E-state index is 0.147. The van der Waals surface area contributed by atoms with Gasteiger partial charge in [-0.05, 0) is 42.0 Å². The average molecular weight is 461 g/mol. The first-order valence-corrected chi connectivity index (χ1v) is 11.3. The Morgan fingerprint density at radius 2 is 2.13 bits per heavy atom. The quantitative estimate of drug-likeness (QED) is 0.131. The molecule has 0 spiro atoms. The van der Waals surface area contributed by atoms with Crippen molar-refractivity contribution in [3.05, 3.63) is 80.4 Å². The molecular formula is C21H24N4O4S2. The van der Waals surface area contributed by atoms with Gasteiger partial charge in [-0.2, -0.15) is 0 Å². The molecule has 1 aliphatic heterocycles. The summed E-state index contributed by atoms with van der Waals surface area (Å²) < 4.78 is 5.42. The fraction of sp³-hybridized carbons (Fsp3) is 0.286. The first-order chi connectivity index (χ1) is 15.1. The van der Waals surface area contributed by atoms with E-state index in [0.29, 0.717) is 6.54 Å². The Balaban J connectivity index is 1.55. The van der Waals surface area contributed by atoms with E-state index in [2.05, 4.69) is 21.5 Å². The number of nitrogens with zero attached hydrogens (tertiary/aromatic N) is 3. The summed E-state index contributed by atoms with van der Waals surface area (Å²) in [4.78, 5) is 25.3. The van der Waals surface area contributed by atoms with Crippen LogP contribution < -0.4 is 9.07 Å². The van der Waals surface area contributed by atoms with Crippen LogP contribution >= 0.6 is 24.0 Å². The molecule has 0 amide bonds. The fourth-order valence-corrected chi connectivity index (χ4v) is 4.49. The molecule has 0 saturated heterocycles. The van der Waals surface area contributed by atoms with Crippen LogP contribution in [-0.4, -0.2) is 36.1 Å². The highest BCUT2D eigenvalue weighted by Crippen LogP contribution is 2.28. The number of non-ortho nitro benzene ring substituents is 1. The predicted molar refractivity (Wildman–Crippen MR) is 126 cm³/mol. The first kappa shape index (κ1) is 23.3. The highest BCUT2D eigenvalue weighted by Gasteiger charge is 2.19. The number of fused-ring (bicyclic) bond motifs is 1. The third-order valence-corrected chi connectivity index (χ3v) is 6.34. The number of nitro groups is 1. The number of allylic oxidation sites excluding steroid dienone is 1. The van der Waals surface area contributed by atoms with E-state index in [-0.39, 0.29) is 10.6 Å². The maximum absolute atomic E-state index is 11.1. The fourth-order valence-electron chi connectivity index (χ4n) is 3.20.